The predicted molar refractivity (Wildman–Crippen MR) is 65.1 cm³/mol. The summed E-state index contributed by atoms with van der Waals surface area (Å²) in [6.45, 7) is 0.224. The Kier molecular flexibility index (Phi) is 5.19. The molecule has 1 aromatic heterocycles. The van der Waals surface area contributed by atoms with Crippen LogP contribution < -0.4 is 10.6 Å². The monoisotopic (exact) mass is 298 g/mol. The van der Waals surface area contributed by atoms with Gasteiger partial charge in [0, 0.05) is 12.7 Å². The van der Waals surface area contributed by atoms with E-state index in [1.54, 1.807) is 0 Å². The minimum Gasteiger partial charge on any atom is -0.323 e. The van der Waals surface area contributed by atoms with E-state index < -0.39 is 12.7 Å². The van der Waals surface area contributed by atoms with Gasteiger partial charge in [-0.05, 0) is 13.0 Å². The van der Waals surface area contributed by atoms with Crippen LogP contribution >= 0.6 is 12.4 Å². The van der Waals surface area contributed by atoms with Gasteiger partial charge in [-0.2, -0.15) is 18.3 Å². The van der Waals surface area contributed by atoms with Gasteiger partial charge in [0.1, 0.15) is 6.54 Å². The summed E-state index contributed by atoms with van der Waals surface area (Å²) in [5.41, 5.74) is 0.288. The molecule has 1 aliphatic heterocycles. The van der Waals surface area contributed by atoms with Crippen molar-refractivity contribution in [2.75, 3.05) is 18.4 Å². The molecule has 0 bridgehead atoms. The highest BCUT2D eigenvalue weighted by Gasteiger charge is 2.28. The average Bonchev–Trinajstić information content (AvgIpc) is 2.86. The first-order valence-electron chi connectivity index (χ1n) is 5.55. The van der Waals surface area contributed by atoms with Crippen molar-refractivity contribution in [2.24, 2.45) is 5.92 Å². The number of amides is 1. The molecule has 9 heteroatoms. The third kappa shape index (κ3) is 4.71. The number of halogens is 4. The SMILES string of the molecule is Cl.O=C(Nc1cnn(CC(F)(F)F)c1)C1CCNC1. The molecule has 0 saturated carbocycles. The van der Waals surface area contributed by atoms with Gasteiger partial charge in [0.25, 0.3) is 0 Å². The molecule has 19 heavy (non-hydrogen) atoms. The second kappa shape index (κ2) is 6.25. The van der Waals surface area contributed by atoms with Crippen LogP contribution in [0.15, 0.2) is 12.4 Å². The van der Waals surface area contributed by atoms with Crippen LogP contribution in [0.5, 0.6) is 0 Å². The first-order valence-corrected chi connectivity index (χ1v) is 5.55. The molecule has 0 spiro atoms. The largest absolute Gasteiger partial charge is 0.408 e. The average molecular weight is 299 g/mol. The number of carbonyl (C=O) groups excluding carboxylic acids is 1. The van der Waals surface area contributed by atoms with E-state index in [-0.39, 0.29) is 29.9 Å². The van der Waals surface area contributed by atoms with E-state index in [0.29, 0.717) is 6.54 Å². The second-order valence-electron chi connectivity index (χ2n) is 4.22. The fourth-order valence-electron chi connectivity index (χ4n) is 1.82. The molecular weight excluding hydrogens is 285 g/mol. The molecule has 1 saturated heterocycles. The Labute approximate surface area is 113 Å². The highest BCUT2D eigenvalue weighted by molar-refractivity contribution is 5.92. The summed E-state index contributed by atoms with van der Waals surface area (Å²) < 4.78 is 37.1. The van der Waals surface area contributed by atoms with Crippen molar-refractivity contribution in [1.82, 2.24) is 15.1 Å². The molecule has 108 valence electrons. The maximum Gasteiger partial charge on any atom is 0.408 e. The molecule has 1 fully saturated rings. The van der Waals surface area contributed by atoms with Gasteiger partial charge in [-0.3, -0.25) is 9.48 Å². The lowest BCUT2D eigenvalue weighted by Gasteiger charge is -2.08. The van der Waals surface area contributed by atoms with E-state index in [1.807, 2.05) is 0 Å². The highest BCUT2D eigenvalue weighted by atomic mass is 35.5. The van der Waals surface area contributed by atoms with E-state index in [4.69, 9.17) is 0 Å². The van der Waals surface area contributed by atoms with Crippen molar-refractivity contribution in [1.29, 1.82) is 0 Å². The van der Waals surface area contributed by atoms with Gasteiger partial charge >= 0.3 is 6.18 Å². The fraction of sp³-hybridized carbons (Fsp3) is 0.600. The maximum atomic E-state index is 12.1. The number of nitrogens with one attached hydrogen (secondary N) is 2. The number of hydrogen-bond acceptors (Lipinski definition) is 3. The molecule has 0 radical (unpaired) electrons. The predicted octanol–water partition coefficient (Wildman–Crippen LogP) is 1.42. The van der Waals surface area contributed by atoms with Crippen molar-refractivity contribution < 1.29 is 18.0 Å². The Morgan fingerprint density at radius 3 is 2.89 bits per heavy atom. The van der Waals surface area contributed by atoms with Crippen molar-refractivity contribution in [3.63, 3.8) is 0 Å². The second-order valence-corrected chi connectivity index (χ2v) is 4.22. The smallest absolute Gasteiger partial charge is 0.323 e. The van der Waals surface area contributed by atoms with Gasteiger partial charge in [-0.25, -0.2) is 0 Å². The Morgan fingerprint density at radius 2 is 2.32 bits per heavy atom. The van der Waals surface area contributed by atoms with Gasteiger partial charge in [-0.1, -0.05) is 0 Å². The number of hydrogen-bond donors (Lipinski definition) is 2. The quantitative estimate of drug-likeness (QED) is 0.887. The topological polar surface area (TPSA) is 59.0 Å². The van der Waals surface area contributed by atoms with Crippen molar-refractivity contribution in [2.45, 2.75) is 19.1 Å². The van der Waals surface area contributed by atoms with Crippen molar-refractivity contribution in [3.8, 4) is 0 Å². The lowest BCUT2D eigenvalue weighted by atomic mass is 10.1. The van der Waals surface area contributed by atoms with E-state index in [0.717, 1.165) is 17.6 Å². The van der Waals surface area contributed by atoms with Crippen molar-refractivity contribution >= 4 is 24.0 Å². The Morgan fingerprint density at radius 1 is 1.58 bits per heavy atom. The van der Waals surface area contributed by atoms with Gasteiger partial charge < -0.3 is 10.6 Å². The zero-order chi connectivity index (χ0) is 13.2. The highest BCUT2D eigenvalue weighted by Crippen LogP contribution is 2.18. The van der Waals surface area contributed by atoms with Crippen LogP contribution in [0.4, 0.5) is 18.9 Å². The van der Waals surface area contributed by atoms with Crippen LogP contribution in [-0.2, 0) is 11.3 Å². The maximum absolute atomic E-state index is 12.1. The van der Waals surface area contributed by atoms with Crippen LogP contribution in [0, 0.1) is 5.92 Å². The summed E-state index contributed by atoms with van der Waals surface area (Å²) in [4.78, 5) is 11.7. The molecule has 2 heterocycles. The van der Waals surface area contributed by atoms with Crippen molar-refractivity contribution in [3.05, 3.63) is 12.4 Å². The molecule has 0 aliphatic carbocycles. The summed E-state index contributed by atoms with van der Waals surface area (Å²) >= 11 is 0. The van der Waals surface area contributed by atoms with E-state index in [2.05, 4.69) is 15.7 Å². The zero-order valence-corrected chi connectivity index (χ0v) is 10.7. The number of nitrogens with zero attached hydrogens (tertiary/aromatic N) is 2. The van der Waals surface area contributed by atoms with E-state index in [9.17, 15) is 18.0 Å². The molecule has 5 nitrogen and oxygen atoms in total. The summed E-state index contributed by atoms with van der Waals surface area (Å²) in [7, 11) is 0. The molecule has 2 rings (SSSR count). The van der Waals surface area contributed by atoms with Crippen LogP contribution in [0.2, 0.25) is 0 Å². The van der Waals surface area contributed by atoms with Gasteiger partial charge in [0.05, 0.1) is 17.8 Å². The fourth-order valence-corrected chi connectivity index (χ4v) is 1.82. The third-order valence-electron chi connectivity index (χ3n) is 2.67. The molecule has 1 aliphatic rings. The number of anilines is 1. The normalized spacial score (nSPS) is 19.0. The summed E-state index contributed by atoms with van der Waals surface area (Å²) in [6, 6.07) is 0. The molecule has 1 atom stereocenters. The van der Waals surface area contributed by atoms with Crippen LogP contribution in [-0.4, -0.2) is 35.0 Å². The summed E-state index contributed by atoms with van der Waals surface area (Å²) in [5.74, 6) is -0.317. The van der Waals surface area contributed by atoms with E-state index in [1.165, 1.54) is 12.4 Å². The minimum absolute atomic E-state index is 0. The van der Waals surface area contributed by atoms with Crippen LogP contribution in [0.3, 0.4) is 0 Å². The molecule has 1 aromatic rings. The van der Waals surface area contributed by atoms with Gasteiger partial charge in [0.15, 0.2) is 0 Å². The number of rotatable bonds is 3. The Hall–Kier alpha value is -1.28. The third-order valence-corrected chi connectivity index (χ3v) is 2.67. The van der Waals surface area contributed by atoms with E-state index >= 15 is 0 Å². The zero-order valence-electron chi connectivity index (χ0n) is 9.91. The molecular formula is C10H14ClF3N4O. The lowest BCUT2D eigenvalue weighted by molar-refractivity contribution is -0.142. The molecule has 2 N–H and O–H groups in total. The summed E-state index contributed by atoms with van der Waals surface area (Å²) in [5, 5.41) is 9.15. The number of carbonyl (C=O) groups is 1. The molecule has 1 unspecified atom stereocenters. The standard InChI is InChI=1S/C10H13F3N4O.ClH/c11-10(12,13)6-17-5-8(4-15-17)16-9(18)7-1-2-14-3-7;/h4-5,7,14H,1-3,6H2,(H,16,18);1H. The molecule has 1 amide bonds. The number of alkyl halides is 3. The lowest BCUT2D eigenvalue weighted by Crippen LogP contribution is -2.24. The first kappa shape index (κ1) is 15.8. The Bertz CT molecular complexity index is 429. The summed E-state index contributed by atoms with van der Waals surface area (Å²) in [6.07, 6.45) is -1.19. The van der Waals surface area contributed by atoms with Gasteiger partial charge in [-0.15, -0.1) is 12.4 Å². The number of aromatic nitrogens is 2. The van der Waals surface area contributed by atoms with Crippen LogP contribution in [0.25, 0.3) is 0 Å². The van der Waals surface area contributed by atoms with Gasteiger partial charge in [0.2, 0.25) is 5.91 Å². The Balaban J connectivity index is 0.00000180. The molecule has 0 aromatic carbocycles. The van der Waals surface area contributed by atoms with Crippen LogP contribution in [0.1, 0.15) is 6.42 Å². The minimum atomic E-state index is -4.32. The first-order chi connectivity index (χ1) is 8.44.